The molecule has 7 nitrogen and oxygen atoms in total. The third kappa shape index (κ3) is 6.46. The number of amides is 1. The van der Waals surface area contributed by atoms with Crippen LogP contribution in [0.4, 0.5) is 0 Å². The van der Waals surface area contributed by atoms with E-state index >= 15 is 0 Å². The van der Waals surface area contributed by atoms with E-state index in [1.807, 2.05) is 91.0 Å². The minimum atomic E-state index is -0.787. The second-order valence-electron chi connectivity index (χ2n) is 8.35. The van der Waals surface area contributed by atoms with Gasteiger partial charge >= 0.3 is 0 Å². The van der Waals surface area contributed by atoms with Gasteiger partial charge in [0, 0.05) is 0 Å². The van der Waals surface area contributed by atoms with Crippen LogP contribution in [0.5, 0.6) is 23.0 Å². The SMILES string of the molecule is O=C(NN=Cc1ccc(OCc2ccccc2)c(OCc2ccccc2)c1)C1COc2ccccc2O1. The van der Waals surface area contributed by atoms with Gasteiger partial charge in [0.2, 0.25) is 6.10 Å². The minimum absolute atomic E-state index is 0.114. The van der Waals surface area contributed by atoms with E-state index in [0.717, 1.165) is 16.7 Å². The summed E-state index contributed by atoms with van der Waals surface area (Å²) < 4.78 is 23.5. The number of hydrazone groups is 1. The molecule has 0 fully saturated rings. The quantitative estimate of drug-likeness (QED) is 0.258. The highest BCUT2D eigenvalue weighted by Gasteiger charge is 2.27. The molecule has 1 amide bonds. The number of nitrogens with one attached hydrogen (secondary N) is 1. The maximum atomic E-state index is 12.5. The molecule has 4 aromatic rings. The topological polar surface area (TPSA) is 78.4 Å². The first kappa shape index (κ1) is 23.9. The van der Waals surface area contributed by atoms with Gasteiger partial charge in [-0.05, 0) is 47.0 Å². The van der Waals surface area contributed by atoms with Crippen molar-refractivity contribution in [2.75, 3.05) is 6.61 Å². The molecule has 1 unspecified atom stereocenters. The number of ether oxygens (including phenoxy) is 4. The fourth-order valence-electron chi connectivity index (χ4n) is 3.70. The first-order valence-electron chi connectivity index (χ1n) is 11.9. The number of hydrogen-bond donors (Lipinski definition) is 1. The molecule has 37 heavy (non-hydrogen) atoms. The molecule has 7 heteroatoms. The highest BCUT2D eigenvalue weighted by molar-refractivity contribution is 5.85. The van der Waals surface area contributed by atoms with Gasteiger partial charge in [-0.1, -0.05) is 72.8 Å². The van der Waals surface area contributed by atoms with Crippen LogP contribution in [0.25, 0.3) is 0 Å². The van der Waals surface area contributed by atoms with Crippen molar-refractivity contribution >= 4 is 12.1 Å². The molecule has 1 heterocycles. The Morgan fingerprint density at radius 2 is 1.43 bits per heavy atom. The maximum Gasteiger partial charge on any atom is 0.284 e. The lowest BCUT2D eigenvalue weighted by Gasteiger charge is -2.24. The van der Waals surface area contributed by atoms with Crippen LogP contribution in [0.1, 0.15) is 16.7 Å². The lowest BCUT2D eigenvalue weighted by atomic mass is 10.2. The van der Waals surface area contributed by atoms with Crippen LogP contribution in [-0.2, 0) is 18.0 Å². The minimum Gasteiger partial charge on any atom is -0.485 e. The summed E-state index contributed by atoms with van der Waals surface area (Å²) in [7, 11) is 0. The Kier molecular flexibility index (Phi) is 7.61. The van der Waals surface area contributed by atoms with Crippen molar-refractivity contribution in [3.05, 3.63) is 120 Å². The number of nitrogens with zero attached hydrogens (tertiary/aromatic N) is 1. The summed E-state index contributed by atoms with van der Waals surface area (Å²) in [5.41, 5.74) is 5.36. The van der Waals surface area contributed by atoms with Crippen LogP contribution >= 0.6 is 0 Å². The van der Waals surface area contributed by atoms with Crippen LogP contribution in [0.2, 0.25) is 0 Å². The number of benzene rings is 4. The first-order chi connectivity index (χ1) is 18.2. The highest BCUT2D eigenvalue weighted by Crippen LogP contribution is 2.31. The third-order valence-corrected chi connectivity index (χ3v) is 5.63. The summed E-state index contributed by atoms with van der Waals surface area (Å²) in [5, 5.41) is 4.10. The predicted octanol–water partition coefficient (Wildman–Crippen LogP) is 5.13. The standard InChI is InChI=1S/C30H26N2O5/c33-30(29-21-36-25-13-7-8-14-27(25)37-29)32-31-18-24-15-16-26(34-19-22-9-3-1-4-10-22)28(17-24)35-20-23-11-5-2-6-12-23/h1-18,29H,19-21H2,(H,32,33). The summed E-state index contributed by atoms with van der Waals surface area (Å²) in [5.74, 6) is 1.95. The molecule has 1 N–H and O–H groups in total. The van der Waals surface area contributed by atoms with Crippen LogP contribution < -0.4 is 24.4 Å². The van der Waals surface area contributed by atoms with Crippen molar-refractivity contribution in [1.29, 1.82) is 0 Å². The lowest BCUT2D eigenvalue weighted by Crippen LogP contribution is -2.42. The Labute approximate surface area is 215 Å². The van der Waals surface area contributed by atoms with E-state index < -0.39 is 12.0 Å². The Morgan fingerprint density at radius 1 is 0.811 bits per heavy atom. The van der Waals surface area contributed by atoms with E-state index in [2.05, 4.69) is 10.5 Å². The maximum absolute atomic E-state index is 12.5. The summed E-state index contributed by atoms with van der Waals surface area (Å²) in [6.07, 6.45) is 0.761. The van der Waals surface area contributed by atoms with Gasteiger partial charge in [-0.25, -0.2) is 5.43 Å². The molecular weight excluding hydrogens is 468 g/mol. The zero-order valence-corrected chi connectivity index (χ0v) is 20.1. The van der Waals surface area contributed by atoms with Gasteiger partial charge in [0.15, 0.2) is 23.0 Å². The monoisotopic (exact) mass is 494 g/mol. The molecule has 1 aliphatic rings. The van der Waals surface area contributed by atoms with Crippen molar-refractivity contribution in [2.24, 2.45) is 5.10 Å². The third-order valence-electron chi connectivity index (χ3n) is 5.63. The molecule has 0 saturated carbocycles. The van der Waals surface area contributed by atoms with Crippen LogP contribution in [-0.4, -0.2) is 24.8 Å². The molecule has 1 atom stereocenters. The second kappa shape index (κ2) is 11.8. The van der Waals surface area contributed by atoms with Crippen LogP contribution in [0.15, 0.2) is 108 Å². The molecule has 186 valence electrons. The molecule has 0 aromatic heterocycles. The summed E-state index contributed by atoms with van der Waals surface area (Å²) in [4.78, 5) is 12.5. The molecule has 0 radical (unpaired) electrons. The number of para-hydroxylation sites is 2. The number of hydrogen-bond acceptors (Lipinski definition) is 6. The average molecular weight is 495 g/mol. The van der Waals surface area contributed by atoms with Crippen LogP contribution in [0.3, 0.4) is 0 Å². The molecule has 5 rings (SSSR count). The Balaban J connectivity index is 1.24. The molecule has 0 saturated heterocycles. The molecule has 1 aliphatic heterocycles. The zero-order chi connectivity index (χ0) is 25.3. The van der Waals surface area contributed by atoms with E-state index in [9.17, 15) is 4.79 Å². The van der Waals surface area contributed by atoms with E-state index in [0.29, 0.717) is 36.2 Å². The summed E-state index contributed by atoms with van der Waals surface area (Å²) in [6.45, 7) is 0.919. The van der Waals surface area contributed by atoms with Gasteiger partial charge in [0.25, 0.3) is 5.91 Å². The van der Waals surface area contributed by atoms with Gasteiger partial charge < -0.3 is 18.9 Å². The normalized spacial score (nSPS) is 14.2. The number of carbonyl (C=O) groups excluding carboxylic acids is 1. The summed E-state index contributed by atoms with van der Waals surface area (Å²) >= 11 is 0. The number of carbonyl (C=O) groups is 1. The highest BCUT2D eigenvalue weighted by atomic mass is 16.6. The first-order valence-corrected chi connectivity index (χ1v) is 11.9. The predicted molar refractivity (Wildman–Crippen MR) is 140 cm³/mol. The number of rotatable bonds is 9. The Morgan fingerprint density at radius 3 is 2.14 bits per heavy atom. The van der Waals surface area contributed by atoms with Gasteiger partial charge in [-0.3, -0.25) is 4.79 Å². The number of fused-ring (bicyclic) bond motifs is 1. The van der Waals surface area contributed by atoms with Crippen molar-refractivity contribution in [3.63, 3.8) is 0 Å². The van der Waals surface area contributed by atoms with Crippen molar-refractivity contribution in [3.8, 4) is 23.0 Å². The zero-order valence-electron chi connectivity index (χ0n) is 20.1. The largest absolute Gasteiger partial charge is 0.485 e. The lowest BCUT2D eigenvalue weighted by molar-refractivity contribution is -0.130. The van der Waals surface area contributed by atoms with Gasteiger partial charge in [0.1, 0.15) is 19.8 Å². The van der Waals surface area contributed by atoms with Crippen molar-refractivity contribution in [1.82, 2.24) is 5.43 Å². The molecule has 0 bridgehead atoms. The van der Waals surface area contributed by atoms with Gasteiger partial charge in [-0.2, -0.15) is 5.10 Å². The van der Waals surface area contributed by atoms with Gasteiger partial charge in [-0.15, -0.1) is 0 Å². The van der Waals surface area contributed by atoms with E-state index in [1.54, 1.807) is 18.3 Å². The second-order valence-corrected chi connectivity index (χ2v) is 8.35. The van der Waals surface area contributed by atoms with E-state index in [4.69, 9.17) is 18.9 Å². The fraction of sp³-hybridized carbons (Fsp3) is 0.133. The van der Waals surface area contributed by atoms with E-state index in [-0.39, 0.29) is 6.61 Å². The smallest absolute Gasteiger partial charge is 0.284 e. The molecular formula is C30H26N2O5. The van der Waals surface area contributed by atoms with Gasteiger partial charge in [0.05, 0.1) is 6.21 Å². The molecule has 0 aliphatic carbocycles. The van der Waals surface area contributed by atoms with Crippen molar-refractivity contribution < 1.29 is 23.7 Å². The fourth-order valence-corrected chi connectivity index (χ4v) is 3.70. The van der Waals surface area contributed by atoms with Crippen molar-refractivity contribution in [2.45, 2.75) is 19.3 Å². The van der Waals surface area contributed by atoms with Crippen LogP contribution in [0, 0.1) is 0 Å². The Hall–Kier alpha value is -4.78. The average Bonchev–Trinajstić information content (AvgIpc) is 2.96. The Bertz CT molecular complexity index is 1360. The van der Waals surface area contributed by atoms with E-state index in [1.165, 1.54) is 0 Å². The molecule has 4 aromatic carbocycles. The molecule has 0 spiro atoms. The summed E-state index contributed by atoms with van der Waals surface area (Å²) in [6, 6.07) is 32.6.